The zero-order valence-electron chi connectivity index (χ0n) is 6.84. The highest BCUT2D eigenvalue weighted by Crippen LogP contribution is 2.16. The van der Waals surface area contributed by atoms with Gasteiger partial charge in [-0.2, -0.15) is 21.6 Å². The molecule has 0 aliphatic rings. The molecule has 0 aromatic carbocycles. The Balaban J connectivity index is 4.13. The summed E-state index contributed by atoms with van der Waals surface area (Å²) in [6.45, 7) is -0.140. The van der Waals surface area contributed by atoms with E-state index in [-0.39, 0.29) is 0 Å². The monoisotopic (exact) mass is 218 g/mol. The highest BCUT2D eigenvalue weighted by atomic mass is 32.2. The van der Waals surface area contributed by atoms with Crippen molar-refractivity contribution in [1.82, 2.24) is 0 Å². The van der Waals surface area contributed by atoms with E-state index in [1.54, 1.807) is 6.92 Å². The summed E-state index contributed by atoms with van der Waals surface area (Å²) in [6, 6.07) is 0. The lowest BCUT2D eigenvalue weighted by Crippen LogP contribution is -2.19. The number of rotatable bonds is 4. The largest absolute Gasteiger partial charge is 0.413 e. The van der Waals surface area contributed by atoms with Crippen LogP contribution in [0.5, 0.6) is 0 Å². The maximum Gasteiger partial charge on any atom is 0.413 e. The van der Waals surface area contributed by atoms with Crippen LogP contribution in [-0.4, -0.2) is 21.2 Å². The van der Waals surface area contributed by atoms with Crippen molar-refractivity contribution in [1.29, 1.82) is 0 Å². The Morgan fingerprint density at radius 2 is 1.92 bits per heavy atom. The van der Waals surface area contributed by atoms with Crippen LogP contribution in [0, 0.1) is 0 Å². The fraction of sp³-hybridized carbons (Fsp3) is 0.667. The number of hydrogen-bond acceptors (Lipinski definition) is 3. The zero-order chi connectivity index (χ0) is 10.5. The van der Waals surface area contributed by atoms with Gasteiger partial charge in [0.05, 0.1) is 5.41 Å². The topological polar surface area (TPSA) is 43.4 Å². The fourth-order valence-electron chi connectivity index (χ4n) is 0.402. The summed E-state index contributed by atoms with van der Waals surface area (Å²) in [5.74, 6) is 0. The Bertz CT molecular complexity index is 265. The Morgan fingerprint density at radius 1 is 1.38 bits per heavy atom. The molecule has 0 unspecified atom stereocenters. The highest BCUT2D eigenvalue weighted by molar-refractivity contribution is 7.89. The van der Waals surface area contributed by atoms with Crippen LogP contribution in [0.2, 0.25) is 0 Å². The number of halogens is 3. The molecule has 0 aromatic heterocycles. The molecule has 0 aromatic rings. The van der Waals surface area contributed by atoms with E-state index in [0.717, 1.165) is 0 Å². The average Bonchev–Trinajstić information content (AvgIpc) is 1.97. The number of allylic oxidation sites excluding steroid dienone is 1. The summed E-state index contributed by atoms with van der Waals surface area (Å²) < 4.78 is 59.4. The molecule has 0 N–H and O–H groups in total. The first-order valence-electron chi connectivity index (χ1n) is 3.39. The van der Waals surface area contributed by atoms with E-state index in [4.69, 9.17) is 0 Å². The third-order valence-corrected chi connectivity index (χ3v) is 1.86. The first-order chi connectivity index (χ1) is 5.77. The van der Waals surface area contributed by atoms with Crippen LogP contribution in [0.15, 0.2) is 11.5 Å². The van der Waals surface area contributed by atoms with Crippen molar-refractivity contribution in [3.8, 4) is 0 Å². The van der Waals surface area contributed by atoms with Crippen molar-refractivity contribution in [2.75, 3.05) is 6.61 Å². The lowest BCUT2D eigenvalue weighted by Gasteiger charge is -2.04. The van der Waals surface area contributed by atoms with Gasteiger partial charge in [0.25, 0.3) is 10.1 Å². The van der Waals surface area contributed by atoms with Crippen LogP contribution in [-0.2, 0) is 14.3 Å². The summed E-state index contributed by atoms with van der Waals surface area (Å²) >= 11 is 0. The average molecular weight is 218 g/mol. The maximum atomic E-state index is 11.5. The SMILES string of the molecule is CCC=CS(=O)(=O)OCC(F)(F)F. The smallest absolute Gasteiger partial charge is 0.257 e. The van der Waals surface area contributed by atoms with E-state index >= 15 is 0 Å². The van der Waals surface area contributed by atoms with Crippen molar-refractivity contribution < 1.29 is 25.8 Å². The van der Waals surface area contributed by atoms with E-state index in [1.165, 1.54) is 6.08 Å². The summed E-state index contributed by atoms with van der Waals surface area (Å²) in [4.78, 5) is 0. The molecule has 13 heavy (non-hydrogen) atoms. The number of alkyl halides is 3. The zero-order valence-corrected chi connectivity index (χ0v) is 7.65. The summed E-state index contributed by atoms with van der Waals surface area (Å²) in [5, 5.41) is 0.610. The molecule has 0 saturated heterocycles. The normalized spacial score (nSPS) is 13.8. The van der Waals surface area contributed by atoms with Crippen molar-refractivity contribution in [3.63, 3.8) is 0 Å². The van der Waals surface area contributed by atoms with E-state index < -0.39 is 22.9 Å². The van der Waals surface area contributed by atoms with Gasteiger partial charge < -0.3 is 0 Å². The minimum absolute atomic E-state index is 0.411. The maximum absolute atomic E-state index is 11.5. The Hall–Kier alpha value is -0.560. The van der Waals surface area contributed by atoms with Crippen LogP contribution in [0.1, 0.15) is 13.3 Å². The van der Waals surface area contributed by atoms with Crippen molar-refractivity contribution in [3.05, 3.63) is 11.5 Å². The molecule has 0 radical (unpaired) electrons. The molecule has 0 atom stereocenters. The van der Waals surface area contributed by atoms with Crippen LogP contribution in [0.4, 0.5) is 13.2 Å². The van der Waals surface area contributed by atoms with Gasteiger partial charge >= 0.3 is 6.18 Å². The molecule has 7 heteroatoms. The standard InChI is InChI=1S/C6H9F3O3S/c1-2-3-4-13(10,11)12-5-6(7,8)9/h3-4H,2,5H2,1H3. The van der Waals surface area contributed by atoms with Crippen molar-refractivity contribution in [2.45, 2.75) is 19.5 Å². The van der Waals surface area contributed by atoms with Gasteiger partial charge in [-0.1, -0.05) is 13.0 Å². The van der Waals surface area contributed by atoms with Gasteiger partial charge in [0, 0.05) is 0 Å². The first-order valence-corrected chi connectivity index (χ1v) is 4.86. The molecule has 0 heterocycles. The predicted octanol–water partition coefficient (Wildman–Crippen LogP) is 1.82. The quantitative estimate of drug-likeness (QED) is 0.676. The molecule has 0 aliphatic heterocycles. The molecule has 0 rings (SSSR count). The lowest BCUT2D eigenvalue weighted by molar-refractivity contribution is -0.152. The van der Waals surface area contributed by atoms with Crippen LogP contribution < -0.4 is 0 Å². The summed E-state index contributed by atoms with van der Waals surface area (Å²) in [7, 11) is -4.18. The van der Waals surface area contributed by atoms with Crippen molar-refractivity contribution in [2.24, 2.45) is 0 Å². The second-order valence-electron chi connectivity index (χ2n) is 2.15. The first kappa shape index (κ1) is 12.4. The molecule has 0 fully saturated rings. The molecule has 0 spiro atoms. The Labute approximate surface area is 74.3 Å². The Morgan fingerprint density at radius 3 is 2.31 bits per heavy atom. The molecule has 78 valence electrons. The minimum atomic E-state index is -4.63. The molecule has 0 bridgehead atoms. The van der Waals surface area contributed by atoms with E-state index in [2.05, 4.69) is 4.18 Å². The van der Waals surface area contributed by atoms with Crippen LogP contribution in [0.3, 0.4) is 0 Å². The van der Waals surface area contributed by atoms with Crippen molar-refractivity contribution >= 4 is 10.1 Å². The minimum Gasteiger partial charge on any atom is -0.257 e. The predicted molar refractivity (Wildman–Crippen MR) is 40.4 cm³/mol. The number of hydrogen-bond donors (Lipinski definition) is 0. The third kappa shape index (κ3) is 7.79. The van der Waals surface area contributed by atoms with E-state index in [0.29, 0.717) is 11.8 Å². The van der Waals surface area contributed by atoms with Crippen LogP contribution >= 0.6 is 0 Å². The summed E-state index contributed by atoms with van der Waals surface area (Å²) in [5.41, 5.74) is 0. The highest BCUT2D eigenvalue weighted by Gasteiger charge is 2.30. The van der Waals surface area contributed by atoms with Gasteiger partial charge in [0.15, 0.2) is 6.61 Å². The molecule has 0 amide bonds. The second kappa shape index (κ2) is 4.61. The van der Waals surface area contributed by atoms with Gasteiger partial charge in [0.1, 0.15) is 0 Å². The molecule has 0 saturated carbocycles. The van der Waals surface area contributed by atoms with Gasteiger partial charge in [-0.15, -0.1) is 0 Å². The fourth-order valence-corrected chi connectivity index (χ4v) is 1.21. The lowest BCUT2D eigenvalue weighted by atomic mass is 10.5. The molecule has 0 aliphatic carbocycles. The second-order valence-corrected chi connectivity index (χ2v) is 3.64. The molecular formula is C6H9F3O3S. The Kier molecular flexibility index (Phi) is 4.41. The van der Waals surface area contributed by atoms with Gasteiger partial charge in [0.2, 0.25) is 0 Å². The van der Waals surface area contributed by atoms with Crippen LogP contribution in [0.25, 0.3) is 0 Å². The van der Waals surface area contributed by atoms with E-state index in [1.807, 2.05) is 0 Å². The van der Waals surface area contributed by atoms with Gasteiger partial charge in [-0.25, -0.2) is 0 Å². The van der Waals surface area contributed by atoms with E-state index in [9.17, 15) is 21.6 Å². The third-order valence-electron chi connectivity index (χ3n) is 0.885. The summed E-state index contributed by atoms with van der Waals surface area (Å²) in [6.07, 6.45) is -3.02. The molecular weight excluding hydrogens is 209 g/mol. The van der Waals surface area contributed by atoms with Gasteiger partial charge in [-0.3, -0.25) is 4.18 Å². The molecule has 3 nitrogen and oxygen atoms in total. The van der Waals surface area contributed by atoms with Gasteiger partial charge in [-0.05, 0) is 6.42 Å².